The number of amides is 2. The lowest BCUT2D eigenvalue weighted by atomic mass is 10.1. The molecule has 0 bridgehead atoms. The van der Waals surface area contributed by atoms with Crippen LogP contribution in [0.5, 0.6) is 0 Å². The number of urea groups is 1. The smallest absolute Gasteiger partial charge is 0.323 e. The largest absolute Gasteiger partial charge is 0.325 e. The van der Waals surface area contributed by atoms with Gasteiger partial charge in [-0.25, -0.2) is 9.78 Å². The van der Waals surface area contributed by atoms with E-state index in [9.17, 15) is 4.79 Å². The Morgan fingerprint density at radius 2 is 2.07 bits per heavy atom. The molecule has 0 radical (unpaired) electrons. The third kappa shape index (κ3) is 2.68. The lowest BCUT2D eigenvalue weighted by Crippen LogP contribution is -2.38. The third-order valence-corrected chi connectivity index (χ3v) is 2.54. The van der Waals surface area contributed by atoms with Gasteiger partial charge in [0.1, 0.15) is 5.82 Å². The zero-order valence-corrected chi connectivity index (χ0v) is 8.65. The highest BCUT2D eigenvalue weighted by atomic mass is 16.2. The molecule has 0 atom stereocenters. The van der Waals surface area contributed by atoms with Crippen molar-refractivity contribution >= 4 is 11.8 Å². The number of piperidine rings is 1. The number of likely N-dealkylation sites (tertiary alicyclic amines) is 1. The molecule has 80 valence electrons. The standard InChI is InChI=1S/C11H15N3O/c15-11(14-8-4-1-5-9-14)13-10-6-2-3-7-12-10/h2-3,6-7H,1,4-5,8-9H2,(H,12,13,15). The van der Waals surface area contributed by atoms with E-state index in [2.05, 4.69) is 10.3 Å². The summed E-state index contributed by atoms with van der Waals surface area (Å²) in [5, 5.41) is 2.79. The van der Waals surface area contributed by atoms with Crippen LogP contribution in [0.4, 0.5) is 10.6 Å². The number of nitrogens with one attached hydrogen (secondary N) is 1. The maximum Gasteiger partial charge on any atom is 0.323 e. The molecule has 2 amide bonds. The minimum Gasteiger partial charge on any atom is -0.325 e. The van der Waals surface area contributed by atoms with Gasteiger partial charge < -0.3 is 4.90 Å². The molecule has 0 aromatic carbocycles. The molecule has 4 nitrogen and oxygen atoms in total. The Labute approximate surface area is 89.3 Å². The molecule has 2 rings (SSSR count). The first-order valence-corrected chi connectivity index (χ1v) is 5.33. The average Bonchev–Trinajstić information content (AvgIpc) is 2.31. The predicted molar refractivity (Wildman–Crippen MR) is 58.7 cm³/mol. The summed E-state index contributed by atoms with van der Waals surface area (Å²) in [7, 11) is 0. The lowest BCUT2D eigenvalue weighted by Gasteiger charge is -2.26. The zero-order chi connectivity index (χ0) is 10.5. The maximum atomic E-state index is 11.7. The molecular formula is C11H15N3O. The maximum absolute atomic E-state index is 11.7. The molecule has 0 aliphatic carbocycles. The van der Waals surface area contributed by atoms with Crippen LogP contribution in [0.3, 0.4) is 0 Å². The fourth-order valence-corrected chi connectivity index (χ4v) is 1.72. The summed E-state index contributed by atoms with van der Waals surface area (Å²) >= 11 is 0. The Balaban J connectivity index is 1.91. The van der Waals surface area contributed by atoms with Gasteiger partial charge in [-0.1, -0.05) is 6.07 Å². The molecular weight excluding hydrogens is 190 g/mol. The van der Waals surface area contributed by atoms with E-state index in [0.29, 0.717) is 5.82 Å². The average molecular weight is 205 g/mol. The quantitative estimate of drug-likeness (QED) is 0.763. The predicted octanol–water partition coefficient (Wildman–Crippen LogP) is 2.10. The van der Waals surface area contributed by atoms with E-state index in [4.69, 9.17) is 0 Å². The Kier molecular flexibility index (Phi) is 3.17. The van der Waals surface area contributed by atoms with Crippen molar-refractivity contribution in [3.63, 3.8) is 0 Å². The second-order valence-corrected chi connectivity index (χ2v) is 3.69. The highest BCUT2D eigenvalue weighted by Crippen LogP contribution is 2.10. The van der Waals surface area contributed by atoms with Crippen LogP contribution in [-0.2, 0) is 0 Å². The molecule has 0 saturated carbocycles. The number of hydrogen-bond acceptors (Lipinski definition) is 2. The van der Waals surface area contributed by atoms with Crippen molar-refractivity contribution in [1.29, 1.82) is 0 Å². The van der Waals surface area contributed by atoms with Gasteiger partial charge in [0.15, 0.2) is 0 Å². The minimum atomic E-state index is -0.0339. The molecule has 2 heterocycles. The highest BCUT2D eigenvalue weighted by molar-refractivity contribution is 5.88. The van der Waals surface area contributed by atoms with Gasteiger partial charge in [-0.3, -0.25) is 5.32 Å². The fraction of sp³-hybridized carbons (Fsp3) is 0.455. The topological polar surface area (TPSA) is 45.2 Å². The van der Waals surface area contributed by atoms with Gasteiger partial charge in [0.25, 0.3) is 0 Å². The monoisotopic (exact) mass is 205 g/mol. The first-order chi connectivity index (χ1) is 7.36. The Hall–Kier alpha value is -1.58. The lowest BCUT2D eigenvalue weighted by molar-refractivity contribution is 0.200. The number of rotatable bonds is 1. The van der Waals surface area contributed by atoms with Gasteiger partial charge in [0.05, 0.1) is 0 Å². The molecule has 1 aliphatic rings. The molecule has 0 spiro atoms. The Morgan fingerprint density at radius 3 is 2.73 bits per heavy atom. The first kappa shape index (κ1) is 9.96. The van der Waals surface area contributed by atoms with Crippen LogP contribution >= 0.6 is 0 Å². The normalized spacial score (nSPS) is 16.1. The summed E-state index contributed by atoms with van der Waals surface area (Å²) in [5.41, 5.74) is 0. The van der Waals surface area contributed by atoms with Crippen LogP contribution in [0.25, 0.3) is 0 Å². The van der Waals surface area contributed by atoms with Gasteiger partial charge in [-0.2, -0.15) is 0 Å². The Bertz CT molecular complexity index is 320. The van der Waals surface area contributed by atoms with Crippen LogP contribution in [0.15, 0.2) is 24.4 Å². The third-order valence-electron chi connectivity index (χ3n) is 2.54. The first-order valence-electron chi connectivity index (χ1n) is 5.33. The van der Waals surface area contributed by atoms with Gasteiger partial charge in [0.2, 0.25) is 0 Å². The van der Waals surface area contributed by atoms with Crippen LogP contribution in [0.2, 0.25) is 0 Å². The molecule has 1 aromatic rings. The van der Waals surface area contributed by atoms with Crippen molar-refractivity contribution in [3.05, 3.63) is 24.4 Å². The second-order valence-electron chi connectivity index (χ2n) is 3.69. The number of anilines is 1. The van der Waals surface area contributed by atoms with Gasteiger partial charge in [0, 0.05) is 19.3 Å². The molecule has 4 heteroatoms. The molecule has 1 aliphatic heterocycles. The molecule has 0 unspecified atom stereocenters. The van der Waals surface area contributed by atoms with E-state index in [1.165, 1.54) is 6.42 Å². The summed E-state index contributed by atoms with van der Waals surface area (Å²) in [6.07, 6.45) is 5.12. The van der Waals surface area contributed by atoms with Crippen LogP contribution < -0.4 is 5.32 Å². The number of aromatic nitrogens is 1. The van der Waals surface area contributed by atoms with E-state index in [0.717, 1.165) is 25.9 Å². The van der Waals surface area contributed by atoms with E-state index in [1.54, 1.807) is 12.3 Å². The van der Waals surface area contributed by atoms with Crippen LogP contribution in [-0.4, -0.2) is 29.0 Å². The number of carbonyl (C=O) groups excluding carboxylic acids is 1. The SMILES string of the molecule is O=C(Nc1ccccn1)N1CCCCC1. The zero-order valence-electron chi connectivity index (χ0n) is 8.65. The molecule has 1 N–H and O–H groups in total. The minimum absolute atomic E-state index is 0.0339. The number of pyridine rings is 1. The van der Waals surface area contributed by atoms with Crippen molar-refractivity contribution in [1.82, 2.24) is 9.88 Å². The molecule has 1 saturated heterocycles. The van der Waals surface area contributed by atoms with Crippen molar-refractivity contribution in [2.24, 2.45) is 0 Å². The molecule has 15 heavy (non-hydrogen) atoms. The van der Waals surface area contributed by atoms with E-state index in [-0.39, 0.29) is 6.03 Å². The number of hydrogen-bond donors (Lipinski definition) is 1. The summed E-state index contributed by atoms with van der Waals surface area (Å²) in [6.45, 7) is 1.72. The number of carbonyl (C=O) groups is 1. The van der Waals surface area contributed by atoms with Gasteiger partial charge in [-0.15, -0.1) is 0 Å². The molecule has 1 fully saturated rings. The van der Waals surface area contributed by atoms with Crippen LogP contribution in [0, 0.1) is 0 Å². The van der Waals surface area contributed by atoms with Crippen LogP contribution in [0.1, 0.15) is 19.3 Å². The second kappa shape index (κ2) is 4.77. The van der Waals surface area contributed by atoms with Gasteiger partial charge in [-0.05, 0) is 31.4 Å². The summed E-state index contributed by atoms with van der Waals surface area (Å²) in [4.78, 5) is 17.6. The molecule has 1 aromatic heterocycles. The van der Waals surface area contributed by atoms with Crippen molar-refractivity contribution in [3.8, 4) is 0 Å². The summed E-state index contributed by atoms with van der Waals surface area (Å²) in [5.74, 6) is 0.619. The summed E-state index contributed by atoms with van der Waals surface area (Å²) < 4.78 is 0. The van der Waals surface area contributed by atoms with E-state index >= 15 is 0 Å². The highest BCUT2D eigenvalue weighted by Gasteiger charge is 2.16. The van der Waals surface area contributed by atoms with Crippen molar-refractivity contribution in [2.75, 3.05) is 18.4 Å². The summed E-state index contributed by atoms with van der Waals surface area (Å²) in [6, 6.07) is 5.45. The van der Waals surface area contributed by atoms with Gasteiger partial charge >= 0.3 is 6.03 Å². The van der Waals surface area contributed by atoms with Crippen molar-refractivity contribution in [2.45, 2.75) is 19.3 Å². The van der Waals surface area contributed by atoms with E-state index < -0.39 is 0 Å². The van der Waals surface area contributed by atoms with E-state index in [1.807, 2.05) is 17.0 Å². The van der Waals surface area contributed by atoms with Crippen molar-refractivity contribution < 1.29 is 4.79 Å². The number of nitrogens with zero attached hydrogens (tertiary/aromatic N) is 2. The Morgan fingerprint density at radius 1 is 1.27 bits per heavy atom. The fourth-order valence-electron chi connectivity index (χ4n) is 1.72.